The molecule has 0 bridgehead atoms. The smallest absolute Gasteiger partial charge is 0.159 e. The third-order valence-electron chi connectivity index (χ3n) is 2.63. The van der Waals surface area contributed by atoms with Crippen LogP contribution in [-0.4, -0.2) is 6.54 Å². The topological polar surface area (TPSA) is 12.0 Å². The van der Waals surface area contributed by atoms with E-state index in [9.17, 15) is 8.78 Å². The van der Waals surface area contributed by atoms with Crippen molar-refractivity contribution in [2.45, 2.75) is 13.0 Å². The second-order valence-electron chi connectivity index (χ2n) is 3.93. The van der Waals surface area contributed by atoms with Crippen LogP contribution < -0.4 is 5.32 Å². The van der Waals surface area contributed by atoms with Crippen LogP contribution in [0.5, 0.6) is 0 Å². The molecule has 6 heteroatoms. The van der Waals surface area contributed by atoms with Gasteiger partial charge in [0.1, 0.15) is 0 Å². The predicted octanol–water partition coefficient (Wildman–Crippen LogP) is 5.25. The molecule has 0 amide bonds. The molecule has 2 aromatic rings. The number of hydrogen-bond acceptors (Lipinski definition) is 2. The van der Waals surface area contributed by atoms with Crippen molar-refractivity contribution in [1.82, 2.24) is 5.32 Å². The summed E-state index contributed by atoms with van der Waals surface area (Å²) in [5, 5.41) is 3.28. The van der Waals surface area contributed by atoms with Crippen LogP contribution in [0, 0.1) is 11.6 Å². The number of benzene rings is 1. The van der Waals surface area contributed by atoms with E-state index in [0.29, 0.717) is 5.56 Å². The molecule has 2 rings (SSSR count). The molecular formula is C13H11Br2F2NS. The second-order valence-corrected chi connectivity index (χ2v) is 7.19. The van der Waals surface area contributed by atoms with E-state index >= 15 is 0 Å². The first-order chi connectivity index (χ1) is 9.02. The molecule has 1 unspecified atom stereocenters. The Morgan fingerprint density at radius 1 is 1.21 bits per heavy atom. The van der Waals surface area contributed by atoms with E-state index in [1.54, 1.807) is 17.4 Å². The van der Waals surface area contributed by atoms with Gasteiger partial charge in [-0.05, 0) is 62.2 Å². The predicted molar refractivity (Wildman–Crippen MR) is 81.6 cm³/mol. The Morgan fingerprint density at radius 2 is 1.95 bits per heavy atom. The molecule has 1 N–H and O–H groups in total. The molecule has 102 valence electrons. The molecule has 19 heavy (non-hydrogen) atoms. The zero-order valence-corrected chi connectivity index (χ0v) is 14.0. The summed E-state index contributed by atoms with van der Waals surface area (Å²) in [4.78, 5) is 1.03. The van der Waals surface area contributed by atoms with Gasteiger partial charge in [-0.2, -0.15) is 0 Å². The molecule has 1 nitrogen and oxygen atoms in total. The molecule has 1 heterocycles. The molecule has 1 aromatic heterocycles. The summed E-state index contributed by atoms with van der Waals surface area (Å²) in [6.45, 7) is 2.71. The molecule has 1 atom stereocenters. The van der Waals surface area contributed by atoms with Gasteiger partial charge in [0.2, 0.25) is 0 Å². The monoisotopic (exact) mass is 409 g/mol. The van der Waals surface area contributed by atoms with Gasteiger partial charge in [-0.25, -0.2) is 8.78 Å². The Hall–Kier alpha value is -0.300. The first-order valence-electron chi connectivity index (χ1n) is 5.66. The highest BCUT2D eigenvalue weighted by atomic mass is 79.9. The quantitative estimate of drug-likeness (QED) is 0.725. The lowest BCUT2D eigenvalue weighted by Gasteiger charge is -2.17. The molecule has 1 aromatic carbocycles. The molecular weight excluding hydrogens is 400 g/mol. The average Bonchev–Trinajstić information content (AvgIpc) is 2.70. The van der Waals surface area contributed by atoms with Crippen molar-refractivity contribution in [3.63, 3.8) is 0 Å². The molecule has 0 saturated carbocycles. The zero-order valence-electron chi connectivity index (χ0n) is 10.0. The third-order valence-corrected chi connectivity index (χ3v) is 5.96. The number of thiophene rings is 1. The Labute approximate surface area is 131 Å². The molecule has 0 aliphatic carbocycles. The lowest BCUT2D eigenvalue weighted by molar-refractivity contribution is 0.504. The van der Waals surface area contributed by atoms with Crippen molar-refractivity contribution in [2.24, 2.45) is 0 Å². The third kappa shape index (κ3) is 3.42. The summed E-state index contributed by atoms with van der Waals surface area (Å²) in [6.07, 6.45) is 0. The number of halogens is 4. The minimum atomic E-state index is -0.826. The SMILES string of the molecule is CCNC(c1ccc(F)c(F)c1)c1cc(Br)c(Br)s1. The number of rotatable bonds is 4. The van der Waals surface area contributed by atoms with Crippen LogP contribution >= 0.6 is 43.2 Å². The Morgan fingerprint density at radius 3 is 2.47 bits per heavy atom. The standard InChI is InChI=1S/C13H11Br2F2NS/c1-2-18-12(11-6-8(14)13(15)19-11)7-3-4-9(16)10(17)5-7/h3-6,12,18H,2H2,1H3. The first kappa shape index (κ1) is 15.1. The highest BCUT2D eigenvalue weighted by Crippen LogP contribution is 2.37. The van der Waals surface area contributed by atoms with Crippen molar-refractivity contribution in [3.05, 3.63) is 54.6 Å². The highest BCUT2D eigenvalue weighted by Gasteiger charge is 2.18. The van der Waals surface area contributed by atoms with Gasteiger partial charge in [-0.3, -0.25) is 0 Å². The highest BCUT2D eigenvalue weighted by molar-refractivity contribution is 9.13. The van der Waals surface area contributed by atoms with Crippen LogP contribution in [0.2, 0.25) is 0 Å². The minimum absolute atomic E-state index is 0.146. The van der Waals surface area contributed by atoms with E-state index in [4.69, 9.17) is 0 Å². The van der Waals surface area contributed by atoms with Crippen molar-refractivity contribution < 1.29 is 8.78 Å². The Bertz CT molecular complexity index is 567. The molecule has 0 fully saturated rings. The van der Waals surface area contributed by atoms with Crippen LogP contribution in [0.15, 0.2) is 32.5 Å². The van der Waals surface area contributed by atoms with E-state index in [2.05, 4.69) is 37.2 Å². The minimum Gasteiger partial charge on any atom is -0.306 e. The summed E-state index contributed by atoms with van der Waals surface area (Å²) in [5.41, 5.74) is 0.710. The molecule has 0 saturated heterocycles. The summed E-state index contributed by atoms with van der Waals surface area (Å²) in [6, 6.07) is 5.83. The van der Waals surface area contributed by atoms with E-state index in [-0.39, 0.29) is 6.04 Å². The molecule has 0 spiro atoms. The van der Waals surface area contributed by atoms with Gasteiger partial charge in [0, 0.05) is 9.35 Å². The second kappa shape index (κ2) is 6.43. The van der Waals surface area contributed by atoms with Gasteiger partial charge < -0.3 is 5.32 Å². The summed E-state index contributed by atoms with van der Waals surface area (Å²) in [7, 11) is 0. The number of hydrogen-bond donors (Lipinski definition) is 1. The van der Waals surface area contributed by atoms with E-state index in [0.717, 1.165) is 25.7 Å². The van der Waals surface area contributed by atoms with Gasteiger partial charge in [0.25, 0.3) is 0 Å². The molecule has 0 radical (unpaired) electrons. The maximum atomic E-state index is 13.4. The number of nitrogens with one attached hydrogen (secondary N) is 1. The maximum absolute atomic E-state index is 13.4. The van der Waals surface area contributed by atoms with E-state index < -0.39 is 11.6 Å². The van der Waals surface area contributed by atoms with Gasteiger partial charge in [0.05, 0.1) is 9.83 Å². The van der Waals surface area contributed by atoms with Crippen LogP contribution in [0.1, 0.15) is 23.4 Å². The maximum Gasteiger partial charge on any atom is 0.159 e. The van der Waals surface area contributed by atoms with Gasteiger partial charge in [-0.15, -0.1) is 11.3 Å². The molecule has 0 aliphatic heterocycles. The van der Waals surface area contributed by atoms with Crippen LogP contribution in [0.4, 0.5) is 8.78 Å². The van der Waals surface area contributed by atoms with Crippen molar-refractivity contribution in [3.8, 4) is 0 Å². The van der Waals surface area contributed by atoms with Crippen LogP contribution in [0.25, 0.3) is 0 Å². The van der Waals surface area contributed by atoms with Gasteiger partial charge >= 0.3 is 0 Å². The summed E-state index contributed by atoms with van der Waals surface area (Å²) < 4.78 is 28.3. The van der Waals surface area contributed by atoms with Crippen molar-refractivity contribution in [1.29, 1.82) is 0 Å². The Kier molecular flexibility index (Phi) is 5.11. The summed E-state index contributed by atoms with van der Waals surface area (Å²) in [5.74, 6) is -1.65. The normalized spacial score (nSPS) is 12.7. The van der Waals surface area contributed by atoms with Crippen LogP contribution in [-0.2, 0) is 0 Å². The lowest BCUT2D eigenvalue weighted by Crippen LogP contribution is -2.21. The summed E-state index contributed by atoms with van der Waals surface area (Å²) >= 11 is 8.44. The molecule has 0 aliphatic rings. The fourth-order valence-electron chi connectivity index (χ4n) is 1.78. The largest absolute Gasteiger partial charge is 0.306 e. The van der Waals surface area contributed by atoms with Gasteiger partial charge in [-0.1, -0.05) is 13.0 Å². The van der Waals surface area contributed by atoms with E-state index in [1.807, 2.05) is 13.0 Å². The fourth-order valence-corrected chi connectivity index (χ4v) is 3.98. The Balaban J connectivity index is 2.41. The van der Waals surface area contributed by atoms with Crippen LogP contribution in [0.3, 0.4) is 0 Å². The average molecular weight is 411 g/mol. The van der Waals surface area contributed by atoms with Crippen molar-refractivity contribution in [2.75, 3.05) is 6.54 Å². The van der Waals surface area contributed by atoms with Crippen molar-refractivity contribution >= 4 is 43.2 Å². The first-order valence-corrected chi connectivity index (χ1v) is 8.06. The fraction of sp³-hybridized carbons (Fsp3) is 0.231. The lowest BCUT2D eigenvalue weighted by atomic mass is 10.1. The zero-order chi connectivity index (χ0) is 14.0. The van der Waals surface area contributed by atoms with Gasteiger partial charge in [0.15, 0.2) is 11.6 Å². The van der Waals surface area contributed by atoms with E-state index in [1.165, 1.54) is 6.07 Å².